The summed E-state index contributed by atoms with van der Waals surface area (Å²) in [6.45, 7) is 6.88. The third-order valence-electron chi connectivity index (χ3n) is 7.43. The molecule has 0 atom stereocenters. The smallest absolute Gasteiger partial charge is 0.251 e. The average molecular weight is 654 g/mol. The number of anilines is 1. The zero-order chi connectivity index (χ0) is 29.6. The molecule has 0 saturated carbocycles. The molecule has 0 unspecified atom stereocenters. The standard InChI is InChI=1S/C31H34BrClN6O3/c1-3-27-23(28(37-22-10-12-42-13-11-22)24-18-36-39(4-2)29(24)38-27)17-35-31(41)21-7-5-6-20(15-21)30(40)34-16-19-8-9-26(33)25(32)14-19/h5-9,14-15,18,22H,3-4,10-13,16-17H2,1-2H3,(H,34,40)(H,35,41)(H,37,38). The van der Waals surface area contributed by atoms with E-state index in [-0.39, 0.29) is 24.4 Å². The Labute approximate surface area is 258 Å². The lowest BCUT2D eigenvalue weighted by atomic mass is 10.0. The van der Waals surface area contributed by atoms with Crippen LogP contribution in [0.15, 0.2) is 53.1 Å². The monoisotopic (exact) mass is 652 g/mol. The molecule has 0 spiro atoms. The number of benzene rings is 2. The van der Waals surface area contributed by atoms with E-state index in [2.05, 4.69) is 43.9 Å². The number of ether oxygens (including phenoxy) is 1. The molecule has 2 aromatic heterocycles. The Morgan fingerprint density at radius 1 is 1.05 bits per heavy atom. The van der Waals surface area contributed by atoms with Gasteiger partial charge in [0.1, 0.15) is 0 Å². The number of nitrogens with one attached hydrogen (secondary N) is 3. The average Bonchev–Trinajstić information content (AvgIpc) is 3.44. The number of carbonyl (C=O) groups is 2. The van der Waals surface area contributed by atoms with Crippen LogP contribution in [0.2, 0.25) is 5.02 Å². The Bertz CT molecular complexity index is 1600. The first-order valence-electron chi connectivity index (χ1n) is 14.2. The van der Waals surface area contributed by atoms with Crippen molar-refractivity contribution in [2.24, 2.45) is 0 Å². The third kappa shape index (κ3) is 6.77. The molecule has 0 aliphatic carbocycles. The molecule has 220 valence electrons. The predicted molar refractivity (Wildman–Crippen MR) is 168 cm³/mol. The van der Waals surface area contributed by atoms with Crippen molar-refractivity contribution in [1.29, 1.82) is 0 Å². The number of halogens is 2. The van der Waals surface area contributed by atoms with E-state index in [0.717, 1.165) is 50.9 Å². The first kappa shape index (κ1) is 30.0. The molecule has 1 saturated heterocycles. The molecule has 3 heterocycles. The van der Waals surface area contributed by atoms with Crippen LogP contribution in [0.3, 0.4) is 0 Å². The molecule has 11 heteroatoms. The topological polar surface area (TPSA) is 110 Å². The van der Waals surface area contributed by atoms with Gasteiger partial charge in [0.15, 0.2) is 5.65 Å². The van der Waals surface area contributed by atoms with Crippen LogP contribution in [0.5, 0.6) is 0 Å². The highest BCUT2D eigenvalue weighted by Crippen LogP contribution is 2.31. The zero-order valence-corrected chi connectivity index (χ0v) is 26.0. The van der Waals surface area contributed by atoms with Crippen molar-refractivity contribution in [1.82, 2.24) is 25.4 Å². The number of rotatable bonds is 10. The van der Waals surface area contributed by atoms with Crippen LogP contribution in [0.25, 0.3) is 11.0 Å². The van der Waals surface area contributed by atoms with Gasteiger partial charge in [-0.1, -0.05) is 30.7 Å². The number of hydrogen-bond donors (Lipinski definition) is 3. The van der Waals surface area contributed by atoms with Crippen molar-refractivity contribution in [3.8, 4) is 0 Å². The summed E-state index contributed by atoms with van der Waals surface area (Å²) in [7, 11) is 0. The van der Waals surface area contributed by atoms with Gasteiger partial charge in [0.2, 0.25) is 0 Å². The molecule has 1 aliphatic heterocycles. The molecular weight excluding hydrogens is 620 g/mol. The number of hydrogen-bond acceptors (Lipinski definition) is 6. The van der Waals surface area contributed by atoms with Crippen molar-refractivity contribution in [3.63, 3.8) is 0 Å². The fourth-order valence-electron chi connectivity index (χ4n) is 5.11. The molecule has 4 aromatic rings. The van der Waals surface area contributed by atoms with Crippen LogP contribution in [0.4, 0.5) is 5.69 Å². The van der Waals surface area contributed by atoms with Crippen molar-refractivity contribution in [2.75, 3.05) is 18.5 Å². The minimum Gasteiger partial charge on any atom is -0.381 e. The SMILES string of the molecule is CCc1nc2c(cnn2CC)c(NC2CCOCC2)c1CNC(=O)c1cccc(C(=O)NCc2ccc(Cl)c(Br)c2)c1. The highest BCUT2D eigenvalue weighted by molar-refractivity contribution is 9.10. The summed E-state index contributed by atoms with van der Waals surface area (Å²) in [5.41, 5.74) is 5.37. The summed E-state index contributed by atoms with van der Waals surface area (Å²) in [5.74, 6) is -0.538. The van der Waals surface area contributed by atoms with Gasteiger partial charge >= 0.3 is 0 Å². The van der Waals surface area contributed by atoms with E-state index in [9.17, 15) is 9.59 Å². The fraction of sp³-hybridized carbons (Fsp3) is 0.355. The maximum absolute atomic E-state index is 13.3. The molecule has 5 rings (SSSR count). The summed E-state index contributed by atoms with van der Waals surface area (Å²) in [6, 6.07) is 12.5. The molecule has 2 amide bonds. The lowest BCUT2D eigenvalue weighted by molar-refractivity contribution is 0.0904. The molecule has 9 nitrogen and oxygen atoms in total. The van der Waals surface area contributed by atoms with Gasteiger partial charge in [-0.2, -0.15) is 5.10 Å². The molecule has 0 bridgehead atoms. The van der Waals surface area contributed by atoms with E-state index in [1.54, 1.807) is 30.3 Å². The van der Waals surface area contributed by atoms with Crippen LogP contribution in [-0.2, 0) is 30.8 Å². The Morgan fingerprint density at radius 2 is 1.76 bits per heavy atom. The molecule has 1 aliphatic rings. The van der Waals surface area contributed by atoms with E-state index in [0.29, 0.717) is 48.9 Å². The highest BCUT2D eigenvalue weighted by atomic mass is 79.9. The van der Waals surface area contributed by atoms with E-state index < -0.39 is 0 Å². The fourth-order valence-corrected chi connectivity index (χ4v) is 5.65. The van der Waals surface area contributed by atoms with Crippen LogP contribution in [-0.4, -0.2) is 45.8 Å². The first-order chi connectivity index (χ1) is 20.4. The van der Waals surface area contributed by atoms with Gasteiger partial charge < -0.3 is 20.7 Å². The van der Waals surface area contributed by atoms with Crippen LogP contribution in [0, 0.1) is 0 Å². The number of nitrogens with zero attached hydrogens (tertiary/aromatic N) is 3. The number of aromatic nitrogens is 3. The Hall–Kier alpha value is -3.47. The second kappa shape index (κ2) is 13.7. The van der Waals surface area contributed by atoms with Gasteiger partial charge in [-0.3, -0.25) is 9.59 Å². The highest BCUT2D eigenvalue weighted by Gasteiger charge is 2.22. The number of carbonyl (C=O) groups excluding carboxylic acids is 2. The predicted octanol–water partition coefficient (Wildman–Crippen LogP) is 5.88. The zero-order valence-electron chi connectivity index (χ0n) is 23.7. The van der Waals surface area contributed by atoms with E-state index in [1.807, 2.05) is 29.9 Å². The molecule has 42 heavy (non-hydrogen) atoms. The van der Waals surface area contributed by atoms with Crippen molar-refractivity contribution >= 4 is 56.1 Å². The third-order valence-corrected chi connectivity index (χ3v) is 8.64. The van der Waals surface area contributed by atoms with E-state index >= 15 is 0 Å². The van der Waals surface area contributed by atoms with Crippen LogP contribution in [0.1, 0.15) is 64.2 Å². The minimum atomic E-state index is -0.269. The number of amides is 2. The molecule has 2 aromatic carbocycles. The number of pyridine rings is 1. The maximum Gasteiger partial charge on any atom is 0.251 e. The molecule has 0 radical (unpaired) electrons. The number of aryl methyl sites for hydroxylation is 2. The summed E-state index contributed by atoms with van der Waals surface area (Å²) in [6.07, 6.45) is 4.37. The second-order valence-electron chi connectivity index (χ2n) is 10.2. The Balaban J connectivity index is 1.33. The van der Waals surface area contributed by atoms with Crippen molar-refractivity contribution in [2.45, 2.75) is 58.8 Å². The lowest BCUT2D eigenvalue weighted by Gasteiger charge is -2.26. The summed E-state index contributed by atoms with van der Waals surface area (Å²) in [5, 5.41) is 15.8. The molecule has 3 N–H and O–H groups in total. The van der Waals surface area contributed by atoms with Crippen LogP contribution < -0.4 is 16.0 Å². The minimum absolute atomic E-state index is 0.262. The lowest BCUT2D eigenvalue weighted by Crippen LogP contribution is -2.30. The van der Waals surface area contributed by atoms with Gasteiger partial charge in [0.05, 0.1) is 22.3 Å². The van der Waals surface area contributed by atoms with Crippen molar-refractivity contribution < 1.29 is 14.3 Å². The van der Waals surface area contributed by atoms with Gasteiger partial charge in [0, 0.05) is 65.7 Å². The van der Waals surface area contributed by atoms with Gasteiger partial charge in [-0.25, -0.2) is 9.67 Å². The molecular formula is C31H34BrClN6O3. The van der Waals surface area contributed by atoms with Gasteiger partial charge in [-0.15, -0.1) is 0 Å². The quantitative estimate of drug-likeness (QED) is 0.197. The normalized spacial score (nSPS) is 13.7. The van der Waals surface area contributed by atoms with E-state index in [4.69, 9.17) is 21.3 Å². The van der Waals surface area contributed by atoms with Gasteiger partial charge in [-0.05, 0) is 78.0 Å². The largest absolute Gasteiger partial charge is 0.381 e. The Kier molecular flexibility index (Phi) is 9.76. The summed E-state index contributed by atoms with van der Waals surface area (Å²) >= 11 is 9.47. The van der Waals surface area contributed by atoms with E-state index in [1.165, 1.54) is 0 Å². The van der Waals surface area contributed by atoms with Gasteiger partial charge in [0.25, 0.3) is 11.8 Å². The number of fused-ring (bicyclic) bond motifs is 1. The van der Waals surface area contributed by atoms with Crippen molar-refractivity contribution in [3.05, 3.63) is 86.1 Å². The maximum atomic E-state index is 13.3. The molecule has 1 fully saturated rings. The Morgan fingerprint density at radius 3 is 2.43 bits per heavy atom. The van der Waals surface area contributed by atoms with Crippen LogP contribution >= 0.6 is 27.5 Å². The second-order valence-corrected chi connectivity index (χ2v) is 11.5. The summed E-state index contributed by atoms with van der Waals surface area (Å²) in [4.78, 5) is 31.1. The first-order valence-corrected chi connectivity index (χ1v) is 15.4. The summed E-state index contributed by atoms with van der Waals surface area (Å²) < 4.78 is 8.22.